The average molecular weight is 453 g/mol. The molecule has 32 heavy (non-hydrogen) atoms. The molecule has 3 N–H and O–H groups in total. The quantitative estimate of drug-likeness (QED) is 0.544. The Hall–Kier alpha value is -2.80. The van der Waals surface area contributed by atoms with Gasteiger partial charge < -0.3 is 24.7 Å². The van der Waals surface area contributed by atoms with Crippen LogP contribution in [-0.2, 0) is 5.41 Å². The summed E-state index contributed by atoms with van der Waals surface area (Å²) in [6, 6.07) is 15.1. The molecule has 2 aliphatic rings. The maximum Gasteiger partial charge on any atom is 0.313 e. The van der Waals surface area contributed by atoms with Crippen molar-refractivity contribution in [3.8, 4) is 17.2 Å². The molecule has 1 aliphatic heterocycles. The van der Waals surface area contributed by atoms with Gasteiger partial charge in [0.2, 0.25) is 0 Å². The molecule has 2 atom stereocenters. The number of hydrogen-bond donors (Lipinski definition) is 3. The molecular formula is C25H25ClN2O4. The lowest BCUT2D eigenvalue weighted by atomic mass is 9.64. The molecule has 166 valence electrons. The highest BCUT2D eigenvalue weighted by atomic mass is 35.5. The highest BCUT2D eigenvalue weighted by Gasteiger charge is 2.53. The molecule has 0 radical (unpaired) electrons. The van der Waals surface area contributed by atoms with E-state index >= 15 is 0 Å². The summed E-state index contributed by atoms with van der Waals surface area (Å²) in [5.41, 5.74) is 4.30. The van der Waals surface area contributed by atoms with E-state index in [1.54, 1.807) is 0 Å². The van der Waals surface area contributed by atoms with Crippen LogP contribution in [0.25, 0.3) is 11.3 Å². The number of benzene rings is 2. The van der Waals surface area contributed by atoms with Crippen molar-refractivity contribution in [3.05, 3.63) is 76.5 Å². The van der Waals surface area contributed by atoms with Crippen molar-refractivity contribution in [2.24, 2.45) is 5.92 Å². The number of rotatable bonds is 3. The molecule has 1 fully saturated rings. The summed E-state index contributed by atoms with van der Waals surface area (Å²) < 4.78 is 5.02. The van der Waals surface area contributed by atoms with Gasteiger partial charge >= 0.3 is 5.95 Å². The van der Waals surface area contributed by atoms with Gasteiger partial charge in [-0.25, -0.2) is 0 Å². The Balaban J connectivity index is 1.48. The Morgan fingerprint density at radius 3 is 2.47 bits per heavy atom. The molecule has 7 heteroatoms. The second kappa shape index (κ2) is 7.37. The molecule has 1 aliphatic carbocycles. The molecule has 1 aromatic heterocycles. The molecule has 2 heterocycles. The zero-order valence-electron chi connectivity index (χ0n) is 18.0. The Labute approximate surface area is 191 Å². The Kier molecular flexibility index (Phi) is 4.85. The minimum Gasteiger partial charge on any atom is -0.479 e. The predicted octanol–water partition coefficient (Wildman–Crippen LogP) is 4.45. The van der Waals surface area contributed by atoms with Crippen molar-refractivity contribution in [2.75, 3.05) is 11.9 Å². The van der Waals surface area contributed by atoms with Gasteiger partial charge in [0.15, 0.2) is 0 Å². The van der Waals surface area contributed by atoms with E-state index in [0.717, 1.165) is 22.5 Å². The molecular weight excluding hydrogens is 428 g/mol. The molecule has 3 aromatic rings. The number of anilines is 1. The number of aliphatic hydroxyl groups is 2. The summed E-state index contributed by atoms with van der Waals surface area (Å²) in [6.45, 7) is 4.21. The van der Waals surface area contributed by atoms with Gasteiger partial charge in [-0.3, -0.25) is 0 Å². The van der Waals surface area contributed by atoms with E-state index in [2.05, 4.69) is 23.9 Å². The summed E-state index contributed by atoms with van der Waals surface area (Å²) in [5.74, 6) is -1.58. The third kappa shape index (κ3) is 2.98. The SMILES string of the molecule is CN1C(=CC2C(O)C(c3c(-c4ccccc4)noc3O)C2O)C(C)(C)c2cc(Cl)ccc21. The van der Waals surface area contributed by atoms with Crippen molar-refractivity contribution in [1.29, 1.82) is 0 Å². The number of nitrogens with zero attached hydrogens (tertiary/aromatic N) is 2. The fraction of sp³-hybridized carbons (Fsp3) is 0.320. The number of aromatic hydroxyl groups is 1. The Morgan fingerprint density at radius 1 is 1.09 bits per heavy atom. The van der Waals surface area contributed by atoms with E-state index in [-0.39, 0.29) is 11.4 Å². The van der Waals surface area contributed by atoms with Crippen LogP contribution in [0, 0.1) is 5.92 Å². The second-order valence-corrected chi connectivity index (χ2v) is 9.53. The van der Waals surface area contributed by atoms with E-state index in [1.165, 1.54) is 0 Å². The highest BCUT2D eigenvalue weighted by molar-refractivity contribution is 6.30. The lowest BCUT2D eigenvalue weighted by molar-refractivity contribution is -0.0954. The van der Waals surface area contributed by atoms with Gasteiger partial charge in [-0.2, -0.15) is 0 Å². The number of aromatic nitrogens is 1. The van der Waals surface area contributed by atoms with Crippen molar-refractivity contribution in [1.82, 2.24) is 5.16 Å². The van der Waals surface area contributed by atoms with Crippen LogP contribution in [-0.4, -0.2) is 39.7 Å². The molecule has 1 saturated carbocycles. The van der Waals surface area contributed by atoms with E-state index in [4.69, 9.17) is 16.1 Å². The number of hydrogen-bond acceptors (Lipinski definition) is 6. The molecule has 0 bridgehead atoms. The Bertz CT molecular complexity index is 1190. The molecule has 2 aromatic carbocycles. The smallest absolute Gasteiger partial charge is 0.313 e. The average Bonchev–Trinajstić information content (AvgIpc) is 3.22. The number of allylic oxidation sites excluding steroid dienone is 1. The first-order chi connectivity index (χ1) is 15.2. The lowest BCUT2D eigenvalue weighted by Crippen LogP contribution is -2.53. The van der Waals surface area contributed by atoms with Crippen LogP contribution in [0.1, 0.15) is 30.9 Å². The van der Waals surface area contributed by atoms with Crippen LogP contribution >= 0.6 is 11.6 Å². The van der Waals surface area contributed by atoms with Gasteiger partial charge in [-0.1, -0.05) is 67.0 Å². The van der Waals surface area contributed by atoms with Crippen LogP contribution in [0.3, 0.4) is 0 Å². The zero-order valence-corrected chi connectivity index (χ0v) is 18.8. The van der Waals surface area contributed by atoms with Crippen LogP contribution < -0.4 is 4.90 Å². The van der Waals surface area contributed by atoms with Crippen LogP contribution in [0.4, 0.5) is 5.69 Å². The number of halogens is 1. The maximum absolute atomic E-state index is 11.1. The van der Waals surface area contributed by atoms with E-state index in [0.29, 0.717) is 16.3 Å². The van der Waals surface area contributed by atoms with Gasteiger partial charge in [0.1, 0.15) is 5.69 Å². The third-order valence-corrected chi connectivity index (χ3v) is 7.19. The fourth-order valence-corrected chi connectivity index (χ4v) is 5.33. The fourth-order valence-electron chi connectivity index (χ4n) is 5.16. The van der Waals surface area contributed by atoms with Gasteiger partial charge in [-0.05, 0) is 23.8 Å². The first-order valence-corrected chi connectivity index (χ1v) is 11.0. The molecule has 5 rings (SSSR count). The number of likely N-dealkylation sites (N-methyl/N-ethyl adjacent to an activating group) is 1. The summed E-state index contributed by atoms with van der Waals surface area (Å²) >= 11 is 6.24. The minimum absolute atomic E-state index is 0.333. The first kappa shape index (κ1) is 21.1. The topological polar surface area (TPSA) is 90.0 Å². The molecule has 2 unspecified atom stereocenters. The lowest BCUT2D eigenvalue weighted by Gasteiger charge is -2.45. The molecule has 0 amide bonds. The monoisotopic (exact) mass is 452 g/mol. The second-order valence-electron chi connectivity index (χ2n) is 9.10. The largest absolute Gasteiger partial charge is 0.479 e. The summed E-state index contributed by atoms with van der Waals surface area (Å²) in [7, 11) is 1.97. The third-order valence-electron chi connectivity index (χ3n) is 6.96. The van der Waals surface area contributed by atoms with Crippen molar-refractivity contribution in [2.45, 2.75) is 37.4 Å². The standard InChI is InChI=1S/C25H25ClN2O4/c1-25(2)16-11-14(26)9-10-17(16)28(3)18(25)12-15-22(29)20(23(15)30)19-21(27-32-24(19)31)13-7-5-4-6-8-13/h4-12,15,20,22-23,29-31H,1-3H3. The minimum atomic E-state index is -0.901. The van der Waals surface area contributed by atoms with E-state index < -0.39 is 24.0 Å². The number of aliphatic hydroxyl groups excluding tert-OH is 2. The van der Waals surface area contributed by atoms with Crippen LogP contribution in [0.5, 0.6) is 5.95 Å². The summed E-state index contributed by atoms with van der Waals surface area (Å²) in [6.07, 6.45) is 0.135. The normalized spacial score (nSPS) is 27.4. The maximum atomic E-state index is 11.1. The molecule has 0 saturated heterocycles. The predicted molar refractivity (Wildman–Crippen MR) is 123 cm³/mol. The van der Waals surface area contributed by atoms with Crippen LogP contribution in [0.15, 0.2) is 64.8 Å². The molecule has 0 spiro atoms. The van der Waals surface area contributed by atoms with Gasteiger partial charge in [-0.15, -0.1) is 0 Å². The Morgan fingerprint density at radius 2 is 1.78 bits per heavy atom. The van der Waals surface area contributed by atoms with E-state index in [9.17, 15) is 15.3 Å². The van der Waals surface area contributed by atoms with Crippen molar-refractivity contribution < 1.29 is 19.8 Å². The number of fused-ring (bicyclic) bond motifs is 1. The van der Waals surface area contributed by atoms with Gasteiger partial charge in [0.25, 0.3) is 0 Å². The van der Waals surface area contributed by atoms with Crippen molar-refractivity contribution >= 4 is 17.3 Å². The summed E-state index contributed by atoms with van der Waals surface area (Å²) in [4.78, 5) is 2.07. The van der Waals surface area contributed by atoms with Crippen molar-refractivity contribution in [3.63, 3.8) is 0 Å². The first-order valence-electron chi connectivity index (χ1n) is 10.6. The van der Waals surface area contributed by atoms with Crippen LogP contribution in [0.2, 0.25) is 5.02 Å². The van der Waals surface area contributed by atoms with E-state index in [1.807, 2.05) is 61.7 Å². The molecule has 6 nitrogen and oxygen atoms in total. The zero-order chi connectivity index (χ0) is 22.8. The summed E-state index contributed by atoms with van der Waals surface area (Å²) in [5, 5.41) is 37.1. The van der Waals surface area contributed by atoms with Gasteiger partial charge in [0, 0.05) is 46.3 Å². The highest BCUT2D eigenvalue weighted by Crippen LogP contribution is 2.53. The van der Waals surface area contributed by atoms with Gasteiger partial charge in [0.05, 0.1) is 17.8 Å².